The Morgan fingerprint density at radius 2 is 1.15 bits per heavy atom. The molecule has 0 spiro atoms. The van der Waals surface area contributed by atoms with Crippen molar-refractivity contribution >= 4 is 33.3 Å². The fraction of sp³-hybridized carbons (Fsp3) is 0. The van der Waals surface area contributed by atoms with Crippen molar-refractivity contribution in [3.8, 4) is 33.8 Å². The highest BCUT2D eigenvalue weighted by molar-refractivity contribution is 6.31. The lowest BCUT2D eigenvalue weighted by molar-refractivity contribution is 1.23. The molecule has 1 heterocycles. The van der Waals surface area contributed by atoms with Crippen molar-refractivity contribution in [1.29, 1.82) is 0 Å². The Kier molecular flexibility index (Phi) is 4.86. The van der Waals surface area contributed by atoms with Gasteiger partial charge in [-0.3, -0.25) is 0 Å². The lowest BCUT2D eigenvalue weighted by atomic mass is 10.00. The summed E-state index contributed by atoms with van der Waals surface area (Å²) in [4.78, 5) is 10.1. The van der Waals surface area contributed by atoms with Gasteiger partial charge in [-0.05, 0) is 40.8 Å². The summed E-state index contributed by atoms with van der Waals surface area (Å²) < 4.78 is 0. The normalized spacial score (nSPS) is 11.2. The molecule has 6 rings (SSSR count). The molecule has 6 aromatic rings. The van der Waals surface area contributed by atoms with E-state index in [1.54, 1.807) is 0 Å². The Morgan fingerprint density at radius 1 is 0.485 bits per heavy atom. The van der Waals surface area contributed by atoms with Gasteiger partial charge in [-0.25, -0.2) is 9.97 Å². The second-order valence-corrected chi connectivity index (χ2v) is 8.48. The summed E-state index contributed by atoms with van der Waals surface area (Å²) in [6.45, 7) is 0. The van der Waals surface area contributed by atoms with Crippen LogP contribution >= 0.6 is 11.6 Å². The summed E-state index contributed by atoms with van der Waals surface area (Å²) in [5, 5.41) is 3.97. The summed E-state index contributed by atoms with van der Waals surface area (Å²) in [7, 11) is 0. The third-order valence-corrected chi connectivity index (χ3v) is 6.12. The van der Waals surface area contributed by atoms with E-state index in [0.29, 0.717) is 10.8 Å². The van der Waals surface area contributed by atoms with Crippen molar-refractivity contribution in [3.05, 3.63) is 120 Å². The standard InChI is InChI=1S/C30H19ClN2/c31-25-18-23(20-9-3-1-4-10-20)17-24(19-25)30-32-28(22-12-5-2-6-13-22)27-16-15-21-11-7-8-14-26(21)29(27)33-30/h1-19H. The first-order valence-corrected chi connectivity index (χ1v) is 11.3. The number of hydrogen-bond donors (Lipinski definition) is 0. The lowest BCUT2D eigenvalue weighted by Crippen LogP contribution is -1.96. The van der Waals surface area contributed by atoms with E-state index in [4.69, 9.17) is 21.6 Å². The third-order valence-electron chi connectivity index (χ3n) is 5.90. The van der Waals surface area contributed by atoms with E-state index in [0.717, 1.165) is 49.6 Å². The van der Waals surface area contributed by atoms with E-state index in [1.165, 1.54) is 0 Å². The second kappa shape index (κ2) is 8.16. The number of hydrogen-bond acceptors (Lipinski definition) is 2. The zero-order valence-electron chi connectivity index (χ0n) is 17.7. The largest absolute Gasteiger partial charge is 0.227 e. The SMILES string of the molecule is Clc1cc(-c2ccccc2)cc(-c2nc(-c3ccccc3)c3ccc4ccccc4c3n2)c1. The number of aromatic nitrogens is 2. The molecule has 1 aromatic heterocycles. The Morgan fingerprint density at radius 3 is 1.94 bits per heavy atom. The van der Waals surface area contributed by atoms with Gasteiger partial charge in [0.15, 0.2) is 5.82 Å². The van der Waals surface area contributed by atoms with Crippen molar-refractivity contribution in [2.75, 3.05) is 0 Å². The average Bonchev–Trinajstić information content (AvgIpc) is 2.88. The van der Waals surface area contributed by atoms with Crippen LogP contribution in [0.5, 0.6) is 0 Å². The van der Waals surface area contributed by atoms with Crippen LogP contribution in [0.4, 0.5) is 0 Å². The highest BCUT2D eigenvalue weighted by atomic mass is 35.5. The molecule has 0 radical (unpaired) electrons. The van der Waals surface area contributed by atoms with Crippen LogP contribution in [0.15, 0.2) is 115 Å². The van der Waals surface area contributed by atoms with Crippen LogP contribution in [-0.2, 0) is 0 Å². The van der Waals surface area contributed by atoms with Crippen LogP contribution in [0.1, 0.15) is 0 Å². The maximum Gasteiger partial charge on any atom is 0.160 e. The lowest BCUT2D eigenvalue weighted by Gasteiger charge is -2.12. The number of benzene rings is 5. The van der Waals surface area contributed by atoms with Gasteiger partial charge in [0, 0.05) is 26.9 Å². The Hall–Kier alpha value is -4.01. The molecule has 0 aliphatic rings. The highest BCUT2D eigenvalue weighted by Crippen LogP contribution is 2.35. The first kappa shape index (κ1) is 19.7. The van der Waals surface area contributed by atoms with Crippen LogP contribution in [0, 0.1) is 0 Å². The van der Waals surface area contributed by atoms with E-state index in [2.05, 4.69) is 66.7 Å². The van der Waals surface area contributed by atoms with Gasteiger partial charge in [0.2, 0.25) is 0 Å². The molecule has 0 saturated carbocycles. The summed E-state index contributed by atoms with van der Waals surface area (Å²) in [6.07, 6.45) is 0. The molecule has 0 atom stereocenters. The topological polar surface area (TPSA) is 25.8 Å². The Bertz CT molecular complexity index is 1610. The molecule has 0 aliphatic carbocycles. The van der Waals surface area contributed by atoms with Crippen LogP contribution in [0.25, 0.3) is 55.4 Å². The second-order valence-electron chi connectivity index (χ2n) is 8.04. The quantitative estimate of drug-likeness (QED) is 0.257. The molecule has 3 heteroatoms. The van der Waals surface area contributed by atoms with Crippen LogP contribution in [0.3, 0.4) is 0 Å². The Balaban J connectivity index is 1.66. The molecule has 0 fully saturated rings. The van der Waals surface area contributed by atoms with Crippen LogP contribution in [0.2, 0.25) is 5.02 Å². The van der Waals surface area contributed by atoms with Crippen molar-refractivity contribution < 1.29 is 0 Å². The molecule has 156 valence electrons. The van der Waals surface area contributed by atoms with Crippen LogP contribution in [-0.4, -0.2) is 9.97 Å². The summed E-state index contributed by atoms with van der Waals surface area (Å²) >= 11 is 6.56. The minimum absolute atomic E-state index is 0.661. The summed E-state index contributed by atoms with van der Waals surface area (Å²) in [6, 6.07) is 39.2. The van der Waals surface area contributed by atoms with Crippen molar-refractivity contribution in [2.45, 2.75) is 0 Å². The van der Waals surface area contributed by atoms with E-state index in [-0.39, 0.29) is 0 Å². The zero-order chi connectivity index (χ0) is 22.2. The molecule has 0 saturated heterocycles. The van der Waals surface area contributed by atoms with Crippen molar-refractivity contribution in [2.24, 2.45) is 0 Å². The zero-order valence-corrected chi connectivity index (χ0v) is 18.5. The highest BCUT2D eigenvalue weighted by Gasteiger charge is 2.15. The fourth-order valence-electron chi connectivity index (χ4n) is 4.32. The monoisotopic (exact) mass is 442 g/mol. The first-order valence-electron chi connectivity index (χ1n) is 10.9. The van der Waals surface area contributed by atoms with Gasteiger partial charge < -0.3 is 0 Å². The minimum Gasteiger partial charge on any atom is -0.227 e. The van der Waals surface area contributed by atoms with Crippen molar-refractivity contribution in [1.82, 2.24) is 9.97 Å². The van der Waals surface area contributed by atoms with Gasteiger partial charge in [-0.2, -0.15) is 0 Å². The average molecular weight is 443 g/mol. The minimum atomic E-state index is 0.661. The molecule has 0 bridgehead atoms. The molecule has 5 aromatic carbocycles. The summed E-state index contributed by atoms with van der Waals surface area (Å²) in [5.41, 5.74) is 5.97. The van der Waals surface area contributed by atoms with Gasteiger partial charge in [-0.1, -0.05) is 103 Å². The molecule has 0 N–H and O–H groups in total. The van der Waals surface area contributed by atoms with E-state index < -0.39 is 0 Å². The van der Waals surface area contributed by atoms with Gasteiger partial charge in [0.1, 0.15) is 0 Å². The third kappa shape index (κ3) is 3.65. The number of nitrogens with zero attached hydrogens (tertiary/aromatic N) is 2. The molecule has 2 nitrogen and oxygen atoms in total. The van der Waals surface area contributed by atoms with E-state index in [1.807, 2.05) is 48.5 Å². The maximum absolute atomic E-state index is 6.56. The fourth-order valence-corrected chi connectivity index (χ4v) is 4.56. The Labute approximate surface area is 197 Å². The molecular formula is C30H19ClN2. The number of rotatable bonds is 3. The molecule has 0 unspecified atom stereocenters. The molecule has 0 aliphatic heterocycles. The van der Waals surface area contributed by atoms with Gasteiger partial charge in [-0.15, -0.1) is 0 Å². The maximum atomic E-state index is 6.56. The predicted octanol–water partition coefficient (Wildman–Crippen LogP) is 8.44. The van der Waals surface area contributed by atoms with Gasteiger partial charge in [0.05, 0.1) is 11.2 Å². The van der Waals surface area contributed by atoms with E-state index >= 15 is 0 Å². The van der Waals surface area contributed by atoms with Gasteiger partial charge >= 0.3 is 0 Å². The van der Waals surface area contributed by atoms with Gasteiger partial charge in [0.25, 0.3) is 0 Å². The molecular weight excluding hydrogens is 424 g/mol. The number of fused-ring (bicyclic) bond motifs is 3. The number of halogens is 1. The predicted molar refractivity (Wildman–Crippen MR) is 138 cm³/mol. The van der Waals surface area contributed by atoms with Crippen molar-refractivity contribution in [3.63, 3.8) is 0 Å². The molecule has 0 amide bonds. The van der Waals surface area contributed by atoms with E-state index in [9.17, 15) is 0 Å². The first-order chi connectivity index (χ1) is 16.3. The molecule has 33 heavy (non-hydrogen) atoms. The van der Waals surface area contributed by atoms with Crippen LogP contribution < -0.4 is 0 Å². The summed E-state index contributed by atoms with van der Waals surface area (Å²) in [5.74, 6) is 0.664. The smallest absolute Gasteiger partial charge is 0.160 e.